The summed E-state index contributed by atoms with van der Waals surface area (Å²) in [6.45, 7) is 3.46. The van der Waals surface area contributed by atoms with Crippen LogP contribution in [0.4, 0.5) is 0 Å². The van der Waals surface area contributed by atoms with Crippen molar-refractivity contribution in [2.24, 2.45) is 23.5 Å². The second-order valence-corrected chi connectivity index (χ2v) is 12.5. The van der Waals surface area contributed by atoms with Gasteiger partial charge >= 0.3 is 5.97 Å². The van der Waals surface area contributed by atoms with E-state index in [-0.39, 0.29) is 18.4 Å². The fourth-order valence-electron chi connectivity index (χ4n) is 6.69. The lowest BCUT2D eigenvalue weighted by atomic mass is 9.78. The maximum absolute atomic E-state index is 12.1. The molecule has 1 aliphatic heterocycles. The van der Waals surface area contributed by atoms with Crippen LogP contribution in [0, 0.1) is 17.8 Å². The van der Waals surface area contributed by atoms with Gasteiger partial charge in [-0.1, -0.05) is 70.8 Å². The van der Waals surface area contributed by atoms with Crippen LogP contribution in [-0.4, -0.2) is 64.3 Å². The lowest BCUT2D eigenvalue weighted by molar-refractivity contribution is -0.147. The summed E-state index contributed by atoms with van der Waals surface area (Å²) in [6.07, 6.45) is 17.9. The fourth-order valence-corrected chi connectivity index (χ4v) is 6.69. The van der Waals surface area contributed by atoms with Crippen molar-refractivity contribution in [2.45, 2.75) is 134 Å². The number of carboxylic acids is 1. The smallest absolute Gasteiger partial charge is 0.309 e. The van der Waals surface area contributed by atoms with E-state index in [0.29, 0.717) is 37.5 Å². The van der Waals surface area contributed by atoms with Crippen LogP contribution < -0.4 is 16.4 Å². The SMILES string of the molecule is CCCCCCC[C@H](O)CCCCCC[C@H](C(=O)O)[C@H](O)C[C@@H](CNC)[C@]1(O)CC[C@@H](CC2=CCNC(N)=C2)C1. The first-order chi connectivity index (χ1) is 19.2. The molecule has 0 unspecified atom stereocenters. The van der Waals surface area contributed by atoms with Crippen molar-refractivity contribution in [3.63, 3.8) is 0 Å². The maximum Gasteiger partial charge on any atom is 0.309 e. The number of aliphatic carboxylic acids is 1. The second kappa shape index (κ2) is 18.7. The quantitative estimate of drug-likeness (QED) is 0.0943. The summed E-state index contributed by atoms with van der Waals surface area (Å²) in [5.74, 6) is -1.00. The minimum atomic E-state index is -0.997. The van der Waals surface area contributed by atoms with Gasteiger partial charge in [0.25, 0.3) is 0 Å². The third kappa shape index (κ3) is 12.5. The van der Waals surface area contributed by atoms with Crippen LogP contribution in [0.2, 0.25) is 0 Å². The van der Waals surface area contributed by atoms with Gasteiger partial charge in [-0.3, -0.25) is 4.79 Å². The Kier molecular flexibility index (Phi) is 16.2. The highest BCUT2D eigenvalue weighted by Gasteiger charge is 2.44. The summed E-state index contributed by atoms with van der Waals surface area (Å²) in [6, 6.07) is 0. The van der Waals surface area contributed by atoms with E-state index in [1.54, 1.807) is 0 Å². The van der Waals surface area contributed by atoms with Gasteiger partial charge in [-0.05, 0) is 76.0 Å². The summed E-state index contributed by atoms with van der Waals surface area (Å²) >= 11 is 0. The lowest BCUT2D eigenvalue weighted by Crippen LogP contribution is -2.44. The molecule has 0 radical (unpaired) electrons. The predicted molar refractivity (Wildman–Crippen MR) is 162 cm³/mol. The summed E-state index contributed by atoms with van der Waals surface area (Å²) in [4.78, 5) is 12.1. The standard InChI is InChI=1S/C32H59N3O5/c1-3-4-5-6-9-12-27(36)13-10-7-8-11-14-28(31(38)39)29(37)21-26(23-34-2)32(40)17-15-25(22-32)19-24-16-18-35-30(33)20-24/h16,20,25-29,34-37,40H,3-15,17-19,21-23,33H2,1-2H3,(H,38,39)/t25-,26-,27-,28-,29+,32-/m0/s1. The number of hydrogen-bond acceptors (Lipinski definition) is 7. The van der Waals surface area contributed by atoms with Gasteiger partial charge in [-0.25, -0.2) is 0 Å². The van der Waals surface area contributed by atoms with Crippen LogP contribution >= 0.6 is 0 Å². The number of aliphatic hydroxyl groups is 3. The van der Waals surface area contributed by atoms with Crippen LogP contribution in [0.1, 0.15) is 116 Å². The molecule has 0 saturated heterocycles. The average molecular weight is 566 g/mol. The first-order valence-electron chi connectivity index (χ1n) is 16.0. The topological polar surface area (TPSA) is 148 Å². The van der Waals surface area contributed by atoms with Gasteiger partial charge in [0, 0.05) is 19.0 Å². The van der Waals surface area contributed by atoms with Crippen LogP contribution in [0.25, 0.3) is 0 Å². The van der Waals surface area contributed by atoms with E-state index >= 15 is 0 Å². The van der Waals surface area contributed by atoms with E-state index in [9.17, 15) is 25.2 Å². The number of dihydropyridines is 1. The molecule has 2 rings (SSSR count). The third-order valence-corrected chi connectivity index (χ3v) is 9.12. The summed E-state index contributed by atoms with van der Waals surface area (Å²) in [5.41, 5.74) is 6.19. The number of hydrogen-bond donors (Lipinski definition) is 7. The molecule has 0 aromatic carbocycles. The van der Waals surface area contributed by atoms with Crippen molar-refractivity contribution in [1.29, 1.82) is 0 Å². The number of carboxylic acid groups (broad SMARTS) is 1. The van der Waals surface area contributed by atoms with Gasteiger partial charge in [0.2, 0.25) is 0 Å². The van der Waals surface area contributed by atoms with Crippen molar-refractivity contribution in [2.75, 3.05) is 20.1 Å². The van der Waals surface area contributed by atoms with Gasteiger partial charge < -0.3 is 36.8 Å². The highest BCUT2D eigenvalue weighted by atomic mass is 16.4. The van der Waals surface area contributed by atoms with Gasteiger partial charge in [0.1, 0.15) is 0 Å². The predicted octanol–water partition coefficient (Wildman–Crippen LogP) is 4.59. The zero-order chi connectivity index (χ0) is 29.4. The Morgan fingerprint density at radius 2 is 1.75 bits per heavy atom. The highest BCUT2D eigenvalue weighted by molar-refractivity contribution is 5.70. The van der Waals surface area contributed by atoms with Gasteiger partial charge in [0.15, 0.2) is 0 Å². The zero-order valence-corrected chi connectivity index (χ0v) is 25.3. The number of nitrogens with one attached hydrogen (secondary N) is 2. The molecule has 1 fully saturated rings. The molecule has 232 valence electrons. The van der Waals surface area contributed by atoms with Crippen molar-refractivity contribution >= 4 is 5.97 Å². The van der Waals surface area contributed by atoms with E-state index < -0.39 is 23.6 Å². The molecule has 40 heavy (non-hydrogen) atoms. The number of carbonyl (C=O) groups is 1. The van der Waals surface area contributed by atoms with Gasteiger partial charge in [-0.15, -0.1) is 0 Å². The molecule has 1 heterocycles. The largest absolute Gasteiger partial charge is 0.481 e. The molecule has 1 aliphatic carbocycles. The van der Waals surface area contributed by atoms with Gasteiger partial charge in [-0.2, -0.15) is 0 Å². The van der Waals surface area contributed by atoms with E-state index in [2.05, 4.69) is 23.6 Å². The zero-order valence-electron chi connectivity index (χ0n) is 25.3. The van der Waals surface area contributed by atoms with Crippen LogP contribution in [0.15, 0.2) is 23.5 Å². The maximum atomic E-state index is 12.1. The fraction of sp³-hybridized carbons (Fsp3) is 0.844. The van der Waals surface area contributed by atoms with Crippen molar-refractivity contribution in [3.05, 3.63) is 23.5 Å². The van der Waals surface area contributed by atoms with E-state index in [0.717, 1.165) is 64.3 Å². The van der Waals surface area contributed by atoms with E-state index in [1.807, 2.05) is 13.1 Å². The van der Waals surface area contributed by atoms with E-state index in [4.69, 9.17) is 5.73 Å². The Hall–Kier alpha value is -1.61. The van der Waals surface area contributed by atoms with Crippen molar-refractivity contribution in [3.8, 4) is 0 Å². The van der Waals surface area contributed by atoms with Crippen LogP contribution in [-0.2, 0) is 4.79 Å². The number of rotatable bonds is 22. The molecule has 8 heteroatoms. The Balaban J connectivity index is 1.76. The summed E-state index contributed by atoms with van der Waals surface area (Å²) < 4.78 is 0. The minimum Gasteiger partial charge on any atom is -0.481 e. The molecule has 0 amide bonds. The number of nitrogens with two attached hydrogens (primary N) is 1. The van der Waals surface area contributed by atoms with Crippen molar-refractivity contribution in [1.82, 2.24) is 10.6 Å². The lowest BCUT2D eigenvalue weighted by Gasteiger charge is -2.35. The molecule has 1 saturated carbocycles. The normalized spacial score (nSPS) is 24.1. The molecular formula is C32H59N3O5. The summed E-state index contributed by atoms with van der Waals surface area (Å²) in [5, 5.41) is 49.0. The minimum absolute atomic E-state index is 0.217. The molecule has 0 bridgehead atoms. The number of aliphatic hydroxyl groups excluding tert-OH is 2. The Morgan fingerprint density at radius 1 is 1.10 bits per heavy atom. The first-order valence-corrected chi connectivity index (χ1v) is 16.0. The third-order valence-electron chi connectivity index (χ3n) is 9.12. The second-order valence-electron chi connectivity index (χ2n) is 12.5. The van der Waals surface area contributed by atoms with Gasteiger partial charge in [0.05, 0.1) is 29.5 Å². The molecule has 8 nitrogen and oxygen atoms in total. The average Bonchev–Trinajstić information content (AvgIpc) is 3.28. The van der Waals surface area contributed by atoms with Crippen LogP contribution in [0.5, 0.6) is 0 Å². The molecule has 2 aliphatic rings. The number of allylic oxidation sites excluding steroid dienone is 2. The molecule has 0 spiro atoms. The number of unbranched alkanes of at least 4 members (excludes halogenated alkanes) is 7. The molecule has 6 atom stereocenters. The monoisotopic (exact) mass is 565 g/mol. The molecule has 8 N–H and O–H groups in total. The molecule has 0 aromatic heterocycles. The van der Waals surface area contributed by atoms with E-state index in [1.165, 1.54) is 31.3 Å². The summed E-state index contributed by atoms with van der Waals surface area (Å²) in [7, 11) is 1.83. The Morgan fingerprint density at radius 3 is 2.35 bits per heavy atom. The van der Waals surface area contributed by atoms with Crippen LogP contribution in [0.3, 0.4) is 0 Å². The molecule has 0 aromatic rings. The van der Waals surface area contributed by atoms with Crippen molar-refractivity contribution < 1.29 is 25.2 Å². The Bertz CT molecular complexity index is 789. The Labute approximate surface area is 242 Å². The molecular weight excluding hydrogens is 506 g/mol. The highest BCUT2D eigenvalue weighted by Crippen LogP contribution is 2.44. The first kappa shape index (κ1) is 34.6.